The number of nitrogens with two attached hydrogens (primary N) is 1. The van der Waals surface area contributed by atoms with Crippen molar-refractivity contribution in [2.45, 2.75) is 54.8 Å². The molecule has 2 aliphatic heterocycles. The Morgan fingerprint density at radius 3 is 2.72 bits per heavy atom. The van der Waals surface area contributed by atoms with Gasteiger partial charge in [0.25, 0.3) is 0 Å². The predicted molar refractivity (Wildman–Crippen MR) is 144 cm³/mol. The van der Waals surface area contributed by atoms with Crippen molar-refractivity contribution in [3.05, 3.63) is 77.7 Å². The number of nitrogens with zero attached hydrogens (tertiary/aromatic N) is 3. The van der Waals surface area contributed by atoms with E-state index >= 15 is 0 Å². The molecular weight excluding hydrogens is 553 g/mol. The van der Waals surface area contributed by atoms with Crippen LogP contribution in [0.15, 0.2) is 61.1 Å². The van der Waals surface area contributed by atoms with E-state index in [0.29, 0.717) is 27.6 Å². The van der Waals surface area contributed by atoms with E-state index in [2.05, 4.69) is 47.3 Å². The number of aromatic nitrogens is 2. The molecule has 1 amide bonds. The molecule has 2 unspecified atom stereocenters. The molecule has 1 fully saturated rings. The molecular formula is C28H32InN5O2. The fourth-order valence-electron chi connectivity index (χ4n) is 6.08. The van der Waals surface area contributed by atoms with Crippen LogP contribution in [0.3, 0.4) is 0 Å². The van der Waals surface area contributed by atoms with Gasteiger partial charge in [0.1, 0.15) is 0 Å². The average molecular weight is 585 g/mol. The van der Waals surface area contributed by atoms with Gasteiger partial charge in [-0.2, -0.15) is 0 Å². The first-order valence-electron chi connectivity index (χ1n) is 12.6. The molecule has 8 heteroatoms. The Morgan fingerprint density at radius 1 is 1.22 bits per heavy atom. The summed E-state index contributed by atoms with van der Waals surface area (Å²) in [5.74, 6) is -0.00206. The first-order chi connectivity index (χ1) is 17.4. The number of primary amides is 1. The number of anilines is 2. The Balaban J connectivity index is 1.58. The Labute approximate surface area is 220 Å². The third kappa shape index (κ3) is 4.68. The zero-order valence-electron chi connectivity index (χ0n) is 20.9. The molecule has 0 saturated carbocycles. The van der Waals surface area contributed by atoms with Crippen molar-refractivity contribution < 1.29 is 9.59 Å². The zero-order chi connectivity index (χ0) is 25.3. The Kier molecular flexibility index (Phi) is 7.17. The van der Waals surface area contributed by atoms with Gasteiger partial charge in [0.2, 0.25) is 0 Å². The monoisotopic (exact) mass is 585 g/mol. The summed E-state index contributed by atoms with van der Waals surface area (Å²) >= 11 is -2.79. The average Bonchev–Trinajstić information content (AvgIpc) is 3.47. The van der Waals surface area contributed by atoms with Crippen LogP contribution in [0.1, 0.15) is 54.6 Å². The molecule has 2 aromatic heterocycles. The Hall–Kier alpha value is -2.71. The van der Waals surface area contributed by atoms with Gasteiger partial charge in [0.15, 0.2) is 0 Å². The van der Waals surface area contributed by atoms with Crippen LogP contribution in [-0.2, 0) is 16.8 Å². The molecule has 2 aliphatic rings. The maximum atomic E-state index is 12.6. The number of hydrogen-bond donors (Lipinski definition) is 2. The van der Waals surface area contributed by atoms with Gasteiger partial charge in [-0.3, -0.25) is 0 Å². The number of hydrogen-bond acceptors (Lipinski definition) is 6. The SMILES string of the molecule is CC1(C)c2ccc(N(Cc3ccncc3)c3ncccc3C(N)=O)c[c]2[In]([CH]=O)[CH]1CC1CCCN1. The molecule has 0 radical (unpaired) electrons. The van der Waals surface area contributed by atoms with Gasteiger partial charge < -0.3 is 0 Å². The van der Waals surface area contributed by atoms with Crippen LogP contribution in [0.5, 0.6) is 0 Å². The van der Waals surface area contributed by atoms with Gasteiger partial charge in [0, 0.05) is 0 Å². The molecule has 3 aromatic rings. The molecule has 1 saturated heterocycles. The zero-order valence-corrected chi connectivity index (χ0v) is 24.1. The van der Waals surface area contributed by atoms with Gasteiger partial charge in [-0.05, 0) is 0 Å². The van der Waals surface area contributed by atoms with Crippen LogP contribution in [0, 0.1) is 0 Å². The van der Waals surface area contributed by atoms with E-state index in [4.69, 9.17) is 5.73 Å². The van der Waals surface area contributed by atoms with Crippen LogP contribution >= 0.6 is 0 Å². The Morgan fingerprint density at radius 2 is 2.03 bits per heavy atom. The fourth-order valence-corrected chi connectivity index (χ4v) is 16.5. The minimum atomic E-state index is -2.79. The molecule has 184 valence electrons. The van der Waals surface area contributed by atoms with Crippen LogP contribution in [-0.4, -0.2) is 53.9 Å². The fraction of sp³-hybridized carbons (Fsp3) is 0.357. The van der Waals surface area contributed by atoms with Crippen LogP contribution in [0.25, 0.3) is 0 Å². The molecule has 1 aromatic carbocycles. The van der Waals surface area contributed by atoms with E-state index in [1.165, 1.54) is 25.8 Å². The van der Waals surface area contributed by atoms with E-state index in [-0.39, 0.29) is 5.41 Å². The summed E-state index contributed by atoms with van der Waals surface area (Å²) in [5, 5.41) is 3.64. The third-order valence-electron chi connectivity index (χ3n) is 8.01. The quantitative estimate of drug-likeness (QED) is 0.394. The van der Waals surface area contributed by atoms with E-state index in [1.54, 1.807) is 30.7 Å². The summed E-state index contributed by atoms with van der Waals surface area (Å²) < 4.78 is 3.04. The van der Waals surface area contributed by atoms with E-state index in [9.17, 15) is 9.59 Å². The van der Waals surface area contributed by atoms with Gasteiger partial charge >= 0.3 is 221 Å². The summed E-state index contributed by atoms with van der Waals surface area (Å²) in [5.41, 5.74) is 9.34. The molecule has 4 heterocycles. The van der Waals surface area contributed by atoms with Crippen molar-refractivity contribution in [1.29, 1.82) is 0 Å². The Bertz CT molecular complexity index is 1260. The van der Waals surface area contributed by atoms with E-state index in [0.717, 1.165) is 24.2 Å². The molecule has 0 bridgehead atoms. The summed E-state index contributed by atoms with van der Waals surface area (Å²) in [6, 6.07) is 14.4. The normalized spacial score (nSPS) is 20.2. The van der Waals surface area contributed by atoms with Crippen molar-refractivity contribution in [2.75, 3.05) is 11.4 Å². The molecule has 5 rings (SSSR count). The number of nitrogens with one attached hydrogen (secondary N) is 1. The predicted octanol–water partition coefficient (Wildman–Crippen LogP) is 3.19. The minimum absolute atomic E-state index is 0.0287. The molecule has 7 nitrogen and oxygen atoms in total. The number of pyridine rings is 2. The van der Waals surface area contributed by atoms with Gasteiger partial charge in [-0.1, -0.05) is 0 Å². The van der Waals surface area contributed by atoms with Crippen molar-refractivity contribution >= 4 is 46.2 Å². The number of fused-ring (bicyclic) bond motifs is 1. The van der Waals surface area contributed by atoms with Crippen molar-refractivity contribution in [3.8, 4) is 0 Å². The number of amides is 1. The molecule has 0 aliphatic carbocycles. The third-order valence-corrected chi connectivity index (χ3v) is 17.9. The topological polar surface area (TPSA) is 101 Å². The van der Waals surface area contributed by atoms with E-state index in [1.807, 2.05) is 17.0 Å². The number of carbonyl (C=O) groups excluding carboxylic acids is 2. The molecule has 3 N–H and O–H groups in total. The summed E-state index contributed by atoms with van der Waals surface area (Å²) in [7, 11) is 0. The second-order valence-electron chi connectivity index (χ2n) is 10.5. The number of rotatable bonds is 8. The maximum absolute atomic E-state index is 12.6. The standard InChI is InChI=1S/C27H31N5O.CHO.In/c1-27(2,14-11-22-5-3-15-30-22)21-7-9-23(10-8-21)32(19-20-12-17-29-18-13-20)26-24(25(28)33)6-4-16-31-26;1-2;/h4,6-7,9-10,12-14,16-18,22,30H,3,5,11,15,19H2,1-2H3,(H2,28,33);1H;. The van der Waals surface area contributed by atoms with Gasteiger partial charge in [-0.15, -0.1) is 0 Å². The summed E-state index contributed by atoms with van der Waals surface area (Å²) in [6.45, 7) is 6.19. The van der Waals surface area contributed by atoms with Crippen molar-refractivity contribution in [1.82, 2.24) is 15.3 Å². The first kappa shape index (κ1) is 25.0. The van der Waals surface area contributed by atoms with Crippen molar-refractivity contribution in [2.24, 2.45) is 5.73 Å². The van der Waals surface area contributed by atoms with Gasteiger partial charge in [-0.25, -0.2) is 0 Å². The van der Waals surface area contributed by atoms with Gasteiger partial charge in [0.05, 0.1) is 0 Å². The molecule has 2 atom stereocenters. The van der Waals surface area contributed by atoms with Crippen LogP contribution in [0.2, 0.25) is 3.67 Å². The summed E-state index contributed by atoms with van der Waals surface area (Å²) in [4.78, 5) is 35.6. The second-order valence-corrected chi connectivity index (χ2v) is 18.3. The summed E-state index contributed by atoms with van der Waals surface area (Å²) in [6.07, 6.45) is 8.67. The van der Waals surface area contributed by atoms with E-state index < -0.39 is 27.3 Å². The first-order valence-corrected chi connectivity index (χ1v) is 18.1. The number of benzene rings is 1. The molecule has 0 spiro atoms. The number of carbonyl (C=O) groups is 2. The second kappa shape index (κ2) is 10.3. The van der Waals surface area contributed by atoms with Crippen molar-refractivity contribution in [3.63, 3.8) is 0 Å². The van der Waals surface area contributed by atoms with Crippen LogP contribution in [0.4, 0.5) is 11.5 Å². The van der Waals surface area contributed by atoms with Crippen LogP contribution < -0.4 is 19.3 Å². The molecule has 36 heavy (non-hydrogen) atoms.